The average molecular weight is 364 g/mol. The van der Waals surface area contributed by atoms with Crippen molar-refractivity contribution in [1.82, 2.24) is 5.43 Å². The van der Waals surface area contributed by atoms with Gasteiger partial charge in [-0.05, 0) is 42.2 Å². The molecule has 27 heavy (non-hydrogen) atoms. The van der Waals surface area contributed by atoms with Crippen molar-refractivity contribution in [1.29, 1.82) is 0 Å². The molecule has 1 N–H and O–H groups in total. The summed E-state index contributed by atoms with van der Waals surface area (Å²) in [5.74, 6) is 3.70. The van der Waals surface area contributed by atoms with Crippen molar-refractivity contribution in [3.8, 4) is 23.8 Å². The van der Waals surface area contributed by atoms with E-state index in [0.717, 1.165) is 22.4 Å². The topological polar surface area (TPSA) is 59.9 Å². The Morgan fingerprint density at radius 3 is 2.74 bits per heavy atom. The third-order valence-electron chi connectivity index (χ3n) is 3.77. The molecule has 0 aromatic heterocycles. The highest BCUT2D eigenvalue weighted by molar-refractivity contribution is 5.85. The molecule has 0 aliphatic heterocycles. The molecule has 0 heterocycles. The maximum Gasteiger partial charge on any atom is 0.277 e. The molecule has 0 aliphatic carbocycles. The molecule has 0 unspecified atom stereocenters. The van der Waals surface area contributed by atoms with Gasteiger partial charge in [0, 0.05) is 5.56 Å². The second-order valence-electron chi connectivity index (χ2n) is 6.31. The standard InChI is InChI=1S/C22H24N2O3/c1-5-12-26-20-9-7-6-8-18(20)14-23-24-22(25)15-27-21-13-17(4)10-11-19(21)16(2)3/h1,6-11,13-14,16H,12,15H2,2-4H3,(H,24,25)/b23-14-. The summed E-state index contributed by atoms with van der Waals surface area (Å²) in [5.41, 5.74) is 5.32. The molecule has 0 bridgehead atoms. The quantitative estimate of drug-likeness (QED) is 0.442. The van der Waals surface area contributed by atoms with Crippen molar-refractivity contribution >= 4 is 12.1 Å². The first-order valence-electron chi connectivity index (χ1n) is 8.71. The lowest BCUT2D eigenvalue weighted by atomic mass is 10.0. The fourth-order valence-electron chi connectivity index (χ4n) is 2.43. The molecule has 2 rings (SSSR count). The van der Waals surface area contributed by atoms with E-state index in [1.54, 1.807) is 6.07 Å². The monoisotopic (exact) mass is 364 g/mol. The summed E-state index contributed by atoms with van der Waals surface area (Å²) in [6.45, 7) is 6.21. The number of hydrogen-bond donors (Lipinski definition) is 1. The van der Waals surface area contributed by atoms with Gasteiger partial charge in [-0.15, -0.1) is 6.42 Å². The van der Waals surface area contributed by atoms with E-state index in [1.807, 2.05) is 43.3 Å². The van der Waals surface area contributed by atoms with E-state index in [9.17, 15) is 4.79 Å². The maximum atomic E-state index is 12.0. The van der Waals surface area contributed by atoms with Crippen LogP contribution < -0.4 is 14.9 Å². The van der Waals surface area contributed by atoms with E-state index in [4.69, 9.17) is 15.9 Å². The molecule has 140 valence electrons. The maximum absolute atomic E-state index is 12.0. The summed E-state index contributed by atoms with van der Waals surface area (Å²) < 4.78 is 11.1. The number of terminal acetylenes is 1. The Kier molecular flexibility index (Phi) is 7.45. The van der Waals surface area contributed by atoms with Crippen molar-refractivity contribution in [3.05, 3.63) is 59.2 Å². The van der Waals surface area contributed by atoms with E-state index in [1.165, 1.54) is 6.21 Å². The number of hydrogen-bond acceptors (Lipinski definition) is 4. The first kappa shape index (κ1) is 20.1. The summed E-state index contributed by atoms with van der Waals surface area (Å²) in [5, 5.41) is 3.96. The van der Waals surface area contributed by atoms with Gasteiger partial charge < -0.3 is 9.47 Å². The van der Waals surface area contributed by atoms with Crippen LogP contribution in [-0.4, -0.2) is 25.3 Å². The molecule has 1 amide bonds. The zero-order valence-corrected chi connectivity index (χ0v) is 15.9. The van der Waals surface area contributed by atoms with E-state index in [2.05, 4.69) is 30.3 Å². The third kappa shape index (κ3) is 6.19. The Morgan fingerprint density at radius 2 is 2.00 bits per heavy atom. The van der Waals surface area contributed by atoms with Crippen molar-refractivity contribution in [2.75, 3.05) is 13.2 Å². The van der Waals surface area contributed by atoms with Gasteiger partial charge in [0.15, 0.2) is 6.61 Å². The zero-order chi connectivity index (χ0) is 19.6. The Morgan fingerprint density at radius 1 is 1.22 bits per heavy atom. The summed E-state index contributed by atoms with van der Waals surface area (Å²) >= 11 is 0. The summed E-state index contributed by atoms with van der Waals surface area (Å²) in [7, 11) is 0. The average Bonchev–Trinajstić information content (AvgIpc) is 2.65. The molecule has 0 fully saturated rings. The minimum Gasteiger partial charge on any atom is -0.483 e. The number of nitrogens with one attached hydrogen (secondary N) is 1. The van der Waals surface area contributed by atoms with Crippen LogP contribution in [-0.2, 0) is 4.79 Å². The van der Waals surface area contributed by atoms with Gasteiger partial charge in [0.05, 0.1) is 6.21 Å². The lowest BCUT2D eigenvalue weighted by Crippen LogP contribution is -2.25. The second kappa shape index (κ2) is 10.0. The van der Waals surface area contributed by atoms with Crippen LogP contribution in [0, 0.1) is 19.3 Å². The van der Waals surface area contributed by atoms with E-state index in [-0.39, 0.29) is 19.1 Å². The molecule has 2 aromatic carbocycles. The van der Waals surface area contributed by atoms with E-state index in [0.29, 0.717) is 11.7 Å². The lowest BCUT2D eigenvalue weighted by molar-refractivity contribution is -0.123. The van der Waals surface area contributed by atoms with Gasteiger partial charge in [-0.2, -0.15) is 5.10 Å². The number of para-hydroxylation sites is 1. The van der Waals surface area contributed by atoms with E-state index >= 15 is 0 Å². The third-order valence-corrected chi connectivity index (χ3v) is 3.77. The highest BCUT2D eigenvalue weighted by Crippen LogP contribution is 2.27. The lowest BCUT2D eigenvalue weighted by Gasteiger charge is -2.14. The zero-order valence-electron chi connectivity index (χ0n) is 15.9. The molecule has 0 aliphatic rings. The van der Waals surface area contributed by atoms with Crippen LogP contribution in [0.1, 0.15) is 36.5 Å². The Labute approximate surface area is 160 Å². The first-order valence-corrected chi connectivity index (χ1v) is 8.71. The number of aryl methyl sites for hydroxylation is 1. The molecular formula is C22H24N2O3. The van der Waals surface area contributed by atoms with Crippen LogP contribution in [0.4, 0.5) is 0 Å². The largest absolute Gasteiger partial charge is 0.483 e. The van der Waals surface area contributed by atoms with E-state index < -0.39 is 0 Å². The molecule has 5 nitrogen and oxygen atoms in total. The van der Waals surface area contributed by atoms with Crippen molar-refractivity contribution < 1.29 is 14.3 Å². The number of nitrogens with zero attached hydrogens (tertiary/aromatic N) is 1. The molecule has 0 atom stereocenters. The minimum absolute atomic E-state index is 0.115. The SMILES string of the molecule is C#CCOc1ccccc1/C=N\NC(=O)COc1cc(C)ccc1C(C)C. The predicted molar refractivity (Wildman–Crippen MR) is 107 cm³/mol. The van der Waals surface area contributed by atoms with Crippen molar-refractivity contribution in [2.45, 2.75) is 26.7 Å². The fourth-order valence-corrected chi connectivity index (χ4v) is 2.43. The van der Waals surface area contributed by atoms with Crippen molar-refractivity contribution in [2.24, 2.45) is 5.10 Å². The highest BCUT2D eigenvalue weighted by Gasteiger charge is 2.10. The van der Waals surface area contributed by atoms with Crippen LogP contribution in [0.25, 0.3) is 0 Å². The van der Waals surface area contributed by atoms with Gasteiger partial charge in [0.2, 0.25) is 0 Å². The summed E-state index contributed by atoms with van der Waals surface area (Å²) in [6.07, 6.45) is 6.72. The number of rotatable bonds is 8. The van der Waals surface area contributed by atoms with Gasteiger partial charge in [0.25, 0.3) is 5.91 Å². The minimum atomic E-state index is -0.343. The number of carbonyl (C=O) groups is 1. The number of amides is 1. The van der Waals surface area contributed by atoms with Crippen LogP contribution in [0.2, 0.25) is 0 Å². The number of hydrazone groups is 1. The summed E-state index contributed by atoms with van der Waals surface area (Å²) in [6, 6.07) is 13.3. The normalized spacial score (nSPS) is 10.6. The fraction of sp³-hybridized carbons (Fsp3) is 0.273. The Balaban J connectivity index is 1.93. The molecule has 0 radical (unpaired) electrons. The van der Waals surface area contributed by atoms with Gasteiger partial charge in [0.1, 0.15) is 18.1 Å². The number of benzene rings is 2. The van der Waals surface area contributed by atoms with Gasteiger partial charge in [-0.3, -0.25) is 4.79 Å². The summed E-state index contributed by atoms with van der Waals surface area (Å²) in [4.78, 5) is 12.0. The molecular weight excluding hydrogens is 340 g/mol. The molecule has 5 heteroatoms. The Hall–Kier alpha value is -3.26. The predicted octanol–water partition coefficient (Wildman–Crippen LogP) is 3.66. The molecule has 2 aromatic rings. The van der Waals surface area contributed by atoms with Crippen LogP contribution in [0.5, 0.6) is 11.5 Å². The Bertz CT molecular complexity index is 851. The molecule has 0 spiro atoms. The van der Waals surface area contributed by atoms with Crippen LogP contribution in [0.3, 0.4) is 0 Å². The highest BCUT2D eigenvalue weighted by atomic mass is 16.5. The second-order valence-corrected chi connectivity index (χ2v) is 6.31. The van der Waals surface area contributed by atoms with Crippen LogP contribution in [0.15, 0.2) is 47.6 Å². The van der Waals surface area contributed by atoms with Crippen LogP contribution >= 0.6 is 0 Å². The first-order chi connectivity index (χ1) is 13.0. The molecule has 0 saturated heterocycles. The van der Waals surface area contributed by atoms with Crippen molar-refractivity contribution in [3.63, 3.8) is 0 Å². The number of carbonyl (C=O) groups excluding carboxylic acids is 1. The molecule has 0 saturated carbocycles. The smallest absolute Gasteiger partial charge is 0.277 e. The number of ether oxygens (including phenoxy) is 2. The van der Waals surface area contributed by atoms with Gasteiger partial charge in [-0.1, -0.05) is 44.0 Å². The van der Waals surface area contributed by atoms with Gasteiger partial charge in [-0.25, -0.2) is 5.43 Å². The van der Waals surface area contributed by atoms with Gasteiger partial charge >= 0.3 is 0 Å².